The van der Waals surface area contributed by atoms with Crippen LogP contribution in [0.4, 0.5) is 0 Å². The molecule has 0 fully saturated rings. The first-order chi connectivity index (χ1) is 3.85. The predicted octanol–water partition coefficient (Wildman–Crippen LogP) is -0.808. The van der Waals surface area contributed by atoms with Crippen molar-refractivity contribution in [2.45, 2.75) is 0 Å². The number of rotatable bonds is 4. The van der Waals surface area contributed by atoms with Crippen LogP contribution in [0.25, 0.3) is 0 Å². The molecule has 0 heterocycles. The van der Waals surface area contributed by atoms with Crippen LogP contribution < -0.4 is 0 Å². The minimum Gasteiger partial charge on any atom is -0.396 e. The third-order valence-corrected chi connectivity index (χ3v) is 0.796. The number of hydrogen-bond acceptors (Lipinski definition) is 3. The van der Waals surface area contributed by atoms with E-state index >= 15 is 0 Å². The second kappa shape index (κ2) is 5.03. The molecule has 0 aliphatic carbocycles. The van der Waals surface area contributed by atoms with E-state index in [-0.39, 0.29) is 13.2 Å². The molecule has 0 aliphatic heterocycles. The third-order valence-electron chi connectivity index (χ3n) is 0.796. The Balaban J connectivity index is 3.07. The lowest BCUT2D eigenvalue weighted by Crippen LogP contribution is -2.13. The summed E-state index contributed by atoms with van der Waals surface area (Å²) in [5, 5.41) is 16.8. The molecule has 3 nitrogen and oxygen atoms in total. The van der Waals surface area contributed by atoms with Crippen molar-refractivity contribution in [3.05, 3.63) is 5.92 Å². The predicted molar refractivity (Wildman–Crippen MR) is 29.3 cm³/mol. The van der Waals surface area contributed by atoms with Crippen molar-refractivity contribution in [2.75, 3.05) is 26.9 Å². The molecule has 1 radical (unpaired) electrons. The maximum Gasteiger partial charge on any atom is 0.0570 e. The first kappa shape index (κ1) is 7.88. The summed E-state index contributed by atoms with van der Waals surface area (Å²) in [4.78, 5) is 0. The van der Waals surface area contributed by atoms with Gasteiger partial charge in [-0.1, -0.05) is 0 Å². The van der Waals surface area contributed by atoms with Crippen LogP contribution in [-0.2, 0) is 4.74 Å². The lowest BCUT2D eigenvalue weighted by atomic mass is 10.2. The van der Waals surface area contributed by atoms with E-state index in [1.165, 1.54) is 7.11 Å². The zero-order valence-corrected chi connectivity index (χ0v) is 4.92. The zero-order chi connectivity index (χ0) is 6.41. The molecule has 0 saturated carbocycles. The van der Waals surface area contributed by atoms with Crippen LogP contribution in [0.5, 0.6) is 0 Å². The molecule has 0 amide bonds. The molecular weight excluding hydrogens is 108 g/mol. The Kier molecular flexibility index (Phi) is 4.95. The van der Waals surface area contributed by atoms with E-state index in [2.05, 4.69) is 4.74 Å². The molecule has 0 aromatic rings. The number of ether oxygens (including phenoxy) is 1. The molecule has 0 rings (SSSR count). The normalized spacial score (nSPS) is 10.5. The topological polar surface area (TPSA) is 49.7 Å². The van der Waals surface area contributed by atoms with Crippen molar-refractivity contribution in [1.82, 2.24) is 0 Å². The van der Waals surface area contributed by atoms with Crippen molar-refractivity contribution in [2.24, 2.45) is 0 Å². The standard InChI is InChI=1S/C5H11O3/c1-8-4-5(2-6)3-7/h6-7H,2-4H2,1H3. The fourth-order valence-electron chi connectivity index (χ4n) is 0.345. The van der Waals surface area contributed by atoms with Gasteiger partial charge >= 0.3 is 0 Å². The van der Waals surface area contributed by atoms with E-state index in [1.807, 2.05) is 0 Å². The molecule has 49 valence electrons. The van der Waals surface area contributed by atoms with Crippen molar-refractivity contribution >= 4 is 0 Å². The van der Waals surface area contributed by atoms with Gasteiger partial charge in [-0.15, -0.1) is 0 Å². The maximum atomic E-state index is 8.38. The molecule has 0 bridgehead atoms. The van der Waals surface area contributed by atoms with Crippen LogP contribution in [0.3, 0.4) is 0 Å². The van der Waals surface area contributed by atoms with Crippen molar-refractivity contribution in [1.29, 1.82) is 0 Å². The van der Waals surface area contributed by atoms with Crippen LogP contribution in [0.2, 0.25) is 0 Å². The van der Waals surface area contributed by atoms with Gasteiger partial charge in [0.1, 0.15) is 0 Å². The molecule has 0 saturated heterocycles. The summed E-state index contributed by atoms with van der Waals surface area (Å²) in [5.41, 5.74) is 0. The minimum absolute atomic E-state index is 0.0929. The van der Waals surface area contributed by atoms with E-state index in [1.54, 1.807) is 0 Å². The van der Waals surface area contributed by atoms with Gasteiger partial charge in [0.15, 0.2) is 0 Å². The first-order valence-corrected chi connectivity index (χ1v) is 2.39. The van der Waals surface area contributed by atoms with Crippen molar-refractivity contribution in [3.8, 4) is 0 Å². The molecule has 0 aromatic carbocycles. The summed E-state index contributed by atoms with van der Waals surface area (Å²) in [7, 11) is 1.52. The summed E-state index contributed by atoms with van der Waals surface area (Å²) >= 11 is 0. The lowest BCUT2D eigenvalue weighted by Gasteiger charge is -2.06. The highest BCUT2D eigenvalue weighted by atomic mass is 16.5. The molecule has 8 heavy (non-hydrogen) atoms. The Bertz CT molecular complexity index is 42.9. The molecule has 0 spiro atoms. The number of methoxy groups -OCH3 is 1. The van der Waals surface area contributed by atoms with Crippen LogP contribution in [0.1, 0.15) is 0 Å². The Hall–Kier alpha value is -0.120. The lowest BCUT2D eigenvalue weighted by molar-refractivity contribution is 0.153. The first-order valence-electron chi connectivity index (χ1n) is 2.39. The van der Waals surface area contributed by atoms with Gasteiger partial charge in [-0.3, -0.25) is 0 Å². The second-order valence-corrected chi connectivity index (χ2v) is 1.50. The zero-order valence-electron chi connectivity index (χ0n) is 4.92. The smallest absolute Gasteiger partial charge is 0.0570 e. The Morgan fingerprint density at radius 2 is 1.88 bits per heavy atom. The summed E-state index contributed by atoms with van der Waals surface area (Å²) in [5.74, 6) is 0.604. The largest absolute Gasteiger partial charge is 0.396 e. The number of aliphatic hydroxyl groups is 2. The minimum atomic E-state index is -0.0929. The molecular formula is C5H11O3. The van der Waals surface area contributed by atoms with E-state index < -0.39 is 0 Å². The fourth-order valence-corrected chi connectivity index (χ4v) is 0.345. The summed E-state index contributed by atoms with van der Waals surface area (Å²) in [6.45, 7) is 0.154. The van der Waals surface area contributed by atoms with Crippen LogP contribution in [0, 0.1) is 5.92 Å². The molecule has 0 aliphatic rings. The Labute approximate surface area is 48.9 Å². The number of aliphatic hydroxyl groups excluding tert-OH is 2. The van der Waals surface area contributed by atoms with E-state index in [9.17, 15) is 0 Å². The van der Waals surface area contributed by atoms with Gasteiger partial charge in [0.2, 0.25) is 0 Å². The van der Waals surface area contributed by atoms with Crippen molar-refractivity contribution < 1.29 is 14.9 Å². The summed E-state index contributed by atoms with van der Waals surface area (Å²) < 4.78 is 4.63. The molecule has 2 N–H and O–H groups in total. The highest BCUT2D eigenvalue weighted by Gasteiger charge is 2.03. The van der Waals surface area contributed by atoms with Gasteiger partial charge in [0.05, 0.1) is 25.7 Å². The monoisotopic (exact) mass is 119 g/mol. The van der Waals surface area contributed by atoms with Crippen molar-refractivity contribution in [3.63, 3.8) is 0 Å². The molecule has 0 unspecified atom stereocenters. The van der Waals surface area contributed by atoms with Gasteiger partial charge in [0, 0.05) is 7.11 Å². The average Bonchev–Trinajstić information content (AvgIpc) is 1.83. The average molecular weight is 119 g/mol. The Morgan fingerprint density at radius 1 is 1.38 bits per heavy atom. The number of hydrogen-bond donors (Lipinski definition) is 2. The third kappa shape index (κ3) is 2.96. The highest BCUT2D eigenvalue weighted by Crippen LogP contribution is 1.94. The van der Waals surface area contributed by atoms with Gasteiger partial charge in [-0.2, -0.15) is 0 Å². The summed E-state index contributed by atoms with van der Waals surface area (Å²) in [6.07, 6.45) is 0. The van der Waals surface area contributed by atoms with Crippen LogP contribution in [0.15, 0.2) is 0 Å². The maximum absolute atomic E-state index is 8.38. The fraction of sp³-hybridized carbons (Fsp3) is 0.800. The quantitative estimate of drug-likeness (QED) is 0.509. The van der Waals surface area contributed by atoms with Gasteiger partial charge in [-0.25, -0.2) is 0 Å². The van der Waals surface area contributed by atoms with E-state index in [0.717, 1.165) is 0 Å². The van der Waals surface area contributed by atoms with Gasteiger partial charge < -0.3 is 14.9 Å². The highest BCUT2D eigenvalue weighted by molar-refractivity contribution is 4.87. The Morgan fingerprint density at radius 3 is 2.00 bits per heavy atom. The van der Waals surface area contributed by atoms with Gasteiger partial charge in [-0.05, 0) is 0 Å². The molecule has 0 atom stereocenters. The van der Waals surface area contributed by atoms with Crippen LogP contribution >= 0.6 is 0 Å². The molecule has 0 aromatic heterocycles. The van der Waals surface area contributed by atoms with Crippen LogP contribution in [-0.4, -0.2) is 37.1 Å². The summed E-state index contributed by atoms with van der Waals surface area (Å²) in [6, 6.07) is 0. The second-order valence-electron chi connectivity index (χ2n) is 1.50. The van der Waals surface area contributed by atoms with E-state index in [0.29, 0.717) is 12.5 Å². The van der Waals surface area contributed by atoms with E-state index in [4.69, 9.17) is 10.2 Å². The van der Waals surface area contributed by atoms with Gasteiger partial charge in [0.25, 0.3) is 0 Å². The SMILES string of the molecule is COC[C](CO)CO. The molecule has 3 heteroatoms.